The van der Waals surface area contributed by atoms with Crippen LogP contribution in [0.3, 0.4) is 0 Å². The largest absolute Gasteiger partial charge is 0.477 e. The topological polar surface area (TPSA) is 103 Å². The molecule has 1 atom stereocenters. The van der Waals surface area contributed by atoms with E-state index in [-0.39, 0.29) is 29.0 Å². The van der Waals surface area contributed by atoms with Gasteiger partial charge in [0.05, 0.1) is 18.1 Å². The molecule has 8 nitrogen and oxygen atoms in total. The maximum atomic E-state index is 12.5. The van der Waals surface area contributed by atoms with E-state index in [1.807, 2.05) is 6.92 Å². The van der Waals surface area contributed by atoms with Crippen LogP contribution in [0.15, 0.2) is 18.3 Å². The number of amides is 1. The van der Waals surface area contributed by atoms with Crippen LogP contribution >= 0.6 is 0 Å². The number of hydrogen-bond acceptors (Lipinski definition) is 7. The molecule has 1 aromatic heterocycles. The second-order valence-corrected chi connectivity index (χ2v) is 8.24. The number of carbonyl (C=O) groups excluding carboxylic acids is 2. The minimum absolute atomic E-state index is 0.0379. The molecule has 1 aliphatic rings. The maximum Gasteiger partial charge on any atom is 0.344 e. The lowest BCUT2D eigenvalue weighted by atomic mass is 10.2. The van der Waals surface area contributed by atoms with Crippen molar-refractivity contribution in [3.8, 4) is 5.88 Å². The van der Waals surface area contributed by atoms with E-state index in [2.05, 4.69) is 4.98 Å². The molecule has 0 radical (unpaired) electrons. The van der Waals surface area contributed by atoms with Gasteiger partial charge in [0.1, 0.15) is 5.56 Å². The Bertz CT molecular complexity index is 749. The fourth-order valence-electron chi connectivity index (χ4n) is 2.86. The lowest BCUT2D eigenvalue weighted by Gasteiger charge is -2.27. The first-order chi connectivity index (χ1) is 12.4. The van der Waals surface area contributed by atoms with E-state index < -0.39 is 28.3 Å². The molecule has 0 bridgehead atoms. The summed E-state index contributed by atoms with van der Waals surface area (Å²) >= 11 is 0. The quantitative estimate of drug-likeness (QED) is 0.618. The van der Waals surface area contributed by atoms with Gasteiger partial charge >= 0.3 is 5.97 Å². The lowest BCUT2D eigenvalue weighted by Crippen LogP contribution is -2.43. The number of aromatic nitrogens is 1. The lowest BCUT2D eigenvalue weighted by molar-refractivity contribution is -0.136. The average Bonchev–Trinajstić information content (AvgIpc) is 2.97. The molecule has 1 fully saturated rings. The SMILES string of the molecule is CCCN(C(=O)COC(=O)c1cccnc1OCC)C1CCS(=O)(=O)C1. The third kappa shape index (κ3) is 5.17. The molecule has 2 rings (SSSR count). The van der Waals surface area contributed by atoms with E-state index in [1.165, 1.54) is 17.2 Å². The highest BCUT2D eigenvalue weighted by Gasteiger charge is 2.34. The van der Waals surface area contributed by atoms with Gasteiger partial charge in [0.15, 0.2) is 16.4 Å². The highest BCUT2D eigenvalue weighted by molar-refractivity contribution is 7.91. The smallest absolute Gasteiger partial charge is 0.344 e. The number of nitrogens with zero attached hydrogens (tertiary/aromatic N) is 2. The Morgan fingerprint density at radius 3 is 2.73 bits per heavy atom. The Morgan fingerprint density at radius 1 is 1.35 bits per heavy atom. The molecule has 9 heteroatoms. The van der Waals surface area contributed by atoms with Crippen molar-refractivity contribution in [1.29, 1.82) is 0 Å². The minimum atomic E-state index is -3.10. The van der Waals surface area contributed by atoms with E-state index in [4.69, 9.17) is 9.47 Å². The van der Waals surface area contributed by atoms with E-state index in [1.54, 1.807) is 13.0 Å². The number of ether oxygens (including phenoxy) is 2. The van der Waals surface area contributed by atoms with E-state index in [0.29, 0.717) is 26.0 Å². The zero-order valence-electron chi connectivity index (χ0n) is 15.0. The molecule has 0 N–H and O–H groups in total. The van der Waals surface area contributed by atoms with Gasteiger partial charge in [-0.2, -0.15) is 0 Å². The Morgan fingerprint density at radius 2 is 2.12 bits per heavy atom. The zero-order valence-corrected chi connectivity index (χ0v) is 15.8. The number of carbonyl (C=O) groups is 2. The third-order valence-electron chi connectivity index (χ3n) is 4.03. The van der Waals surface area contributed by atoms with Crippen molar-refractivity contribution >= 4 is 21.7 Å². The first-order valence-electron chi connectivity index (χ1n) is 8.62. The number of esters is 1. The highest BCUT2D eigenvalue weighted by Crippen LogP contribution is 2.19. The van der Waals surface area contributed by atoms with E-state index >= 15 is 0 Å². The fraction of sp³-hybridized carbons (Fsp3) is 0.588. The number of rotatable bonds is 8. The molecule has 0 saturated carbocycles. The van der Waals surface area contributed by atoms with Crippen molar-refractivity contribution < 1.29 is 27.5 Å². The number of hydrogen-bond donors (Lipinski definition) is 0. The molecule has 144 valence electrons. The van der Waals surface area contributed by atoms with Crippen LogP contribution in [0.1, 0.15) is 37.0 Å². The van der Waals surface area contributed by atoms with Crippen molar-refractivity contribution in [2.45, 2.75) is 32.7 Å². The molecule has 2 heterocycles. The molecule has 1 aliphatic heterocycles. The Kier molecular flexibility index (Phi) is 6.96. The molecular weight excluding hydrogens is 360 g/mol. The van der Waals surface area contributed by atoms with Crippen molar-refractivity contribution in [2.75, 3.05) is 31.3 Å². The van der Waals surface area contributed by atoms with Gasteiger partial charge in [0.2, 0.25) is 5.88 Å². The van der Waals surface area contributed by atoms with Crippen molar-refractivity contribution in [2.24, 2.45) is 0 Å². The zero-order chi connectivity index (χ0) is 19.2. The molecule has 1 amide bonds. The van der Waals surface area contributed by atoms with Gasteiger partial charge in [0, 0.05) is 18.8 Å². The highest BCUT2D eigenvalue weighted by atomic mass is 32.2. The molecule has 0 aromatic carbocycles. The molecular formula is C17H24N2O6S. The first-order valence-corrected chi connectivity index (χ1v) is 10.4. The number of sulfone groups is 1. The van der Waals surface area contributed by atoms with Crippen LogP contribution in [0.2, 0.25) is 0 Å². The van der Waals surface area contributed by atoms with Crippen molar-refractivity contribution in [3.05, 3.63) is 23.9 Å². The number of pyridine rings is 1. The van der Waals surface area contributed by atoms with Crippen LogP contribution in [0.5, 0.6) is 5.88 Å². The summed E-state index contributed by atoms with van der Waals surface area (Å²) in [6.07, 6.45) is 2.60. The van der Waals surface area contributed by atoms with Crippen LogP contribution in [0.25, 0.3) is 0 Å². The normalized spacial score (nSPS) is 18.3. The summed E-state index contributed by atoms with van der Waals surface area (Å²) in [5, 5.41) is 0. The monoisotopic (exact) mass is 384 g/mol. The molecule has 1 saturated heterocycles. The molecule has 1 aromatic rings. The van der Waals surface area contributed by atoms with Gasteiger partial charge in [-0.1, -0.05) is 6.92 Å². The maximum absolute atomic E-state index is 12.5. The van der Waals surface area contributed by atoms with Crippen LogP contribution in [0.4, 0.5) is 0 Å². The Balaban J connectivity index is 2.00. The summed E-state index contributed by atoms with van der Waals surface area (Å²) in [7, 11) is -3.10. The van der Waals surface area contributed by atoms with Crippen molar-refractivity contribution in [3.63, 3.8) is 0 Å². The summed E-state index contributed by atoms with van der Waals surface area (Å²) in [5.41, 5.74) is 0.146. The molecule has 26 heavy (non-hydrogen) atoms. The summed E-state index contributed by atoms with van der Waals surface area (Å²) in [5.74, 6) is -0.906. The summed E-state index contributed by atoms with van der Waals surface area (Å²) in [6, 6.07) is 2.73. The standard InChI is InChI=1S/C17H24N2O6S/c1-3-9-19(13-7-10-26(22,23)12-13)15(20)11-25-17(21)14-6-5-8-18-16(14)24-4-2/h5-6,8,13H,3-4,7,9-12H2,1-2H3. The predicted molar refractivity (Wildman–Crippen MR) is 94.8 cm³/mol. The van der Waals surface area contributed by atoms with E-state index in [0.717, 1.165) is 0 Å². The fourth-order valence-corrected chi connectivity index (χ4v) is 4.59. The van der Waals surface area contributed by atoms with Crippen LogP contribution in [-0.4, -0.2) is 67.5 Å². The van der Waals surface area contributed by atoms with Crippen LogP contribution in [0, 0.1) is 0 Å². The van der Waals surface area contributed by atoms with E-state index in [9.17, 15) is 18.0 Å². The van der Waals surface area contributed by atoms with Gasteiger partial charge in [-0.3, -0.25) is 4.79 Å². The summed E-state index contributed by atoms with van der Waals surface area (Å²) < 4.78 is 33.8. The third-order valence-corrected chi connectivity index (χ3v) is 5.78. The Hall–Kier alpha value is -2.16. The molecule has 0 aliphatic carbocycles. The van der Waals surface area contributed by atoms with Gasteiger partial charge in [-0.05, 0) is 31.9 Å². The summed E-state index contributed by atoms with van der Waals surface area (Å²) in [4.78, 5) is 30.2. The van der Waals surface area contributed by atoms with Gasteiger partial charge < -0.3 is 14.4 Å². The van der Waals surface area contributed by atoms with Gasteiger partial charge in [-0.15, -0.1) is 0 Å². The average molecular weight is 384 g/mol. The van der Waals surface area contributed by atoms with Crippen LogP contribution < -0.4 is 4.74 Å². The minimum Gasteiger partial charge on any atom is -0.477 e. The van der Waals surface area contributed by atoms with Crippen molar-refractivity contribution in [1.82, 2.24) is 9.88 Å². The molecule has 0 spiro atoms. The predicted octanol–water partition coefficient (Wildman–Crippen LogP) is 1.06. The van der Waals surface area contributed by atoms with Gasteiger partial charge in [-0.25, -0.2) is 18.2 Å². The Labute approximate surface area is 153 Å². The second kappa shape index (κ2) is 8.98. The first kappa shape index (κ1) is 20.2. The van der Waals surface area contributed by atoms with Crippen LogP contribution in [-0.2, 0) is 19.4 Å². The summed E-state index contributed by atoms with van der Waals surface area (Å²) in [6.45, 7) is 3.99. The van der Waals surface area contributed by atoms with Gasteiger partial charge in [0.25, 0.3) is 5.91 Å². The molecule has 1 unspecified atom stereocenters. The second-order valence-electron chi connectivity index (χ2n) is 6.01.